The Bertz CT molecular complexity index is 934. The second-order valence-electron chi connectivity index (χ2n) is 8.73. The number of nitrogens with one attached hydrogen (secondary N) is 1. The van der Waals surface area contributed by atoms with Gasteiger partial charge in [0.25, 0.3) is 5.69 Å². The number of nitro groups is 1. The van der Waals surface area contributed by atoms with Gasteiger partial charge in [-0.15, -0.1) is 0 Å². The van der Waals surface area contributed by atoms with Crippen molar-refractivity contribution in [3.8, 4) is 5.75 Å². The first-order chi connectivity index (χ1) is 16.1. The molecule has 2 aromatic rings. The highest BCUT2D eigenvalue weighted by Gasteiger charge is 2.42. The first-order valence-corrected chi connectivity index (χ1v) is 11.7. The molecular weight excluding hydrogens is 422 g/mol. The molecule has 0 spiro atoms. The van der Waals surface area contributed by atoms with Gasteiger partial charge in [0, 0.05) is 37.6 Å². The largest absolute Gasteiger partial charge is 0.494 e. The van der Waals surface area contributed by atoms with Crippen molar-refractivity contribution >= 4 is 17.3 Å². The summed E-state index contributed by atoms with van der Waals surface area (Å²) in [4.78, 5) is 26.4. The normalized spacial score (nSPS) is 18.1. The molecular formula is C25H31N3O5. The number of amides is 1. The van der Waals surface area contributed by atoms with E-state index in [1.807, 2.05) is 24.3 Å². The molecule has 176 valence electrons. The van der Waals surface area contributed by atoms with Gasteiger partial charge in [-0.1, -0.05) is 12.1 Å². The van der Waals surface area contributed by atoms with Crippen molar-refractivity contribution in [1.82, 2.24) is 4.90 Å². The minimum atomic E-state index is -0.780. The van der Waals surface area contributed by atoms with Gasteiger partial charge in [0.2, 0.25) is 5.91 Å². The van der Waals surface area contributed by atoms with E-state index >= 15 is 0 Å². The first-order valence-electron chi connectivity index (χ1n) is 11.7. The second kappa shape index (κ2) is 10.8. The Morgan fingerprint density at radius 1 is 1.06 bits per heavy atom. The van der Waals surface area contributed by atoms with Gasteiger partial charge in [0.1, 0.15) is 5.75 Å². The lowest BCUT2D eigenvalue weighted by atomic mass is 9.73. The van der Waals surface area contributed by atoms with E-state index < -0.39 is 10.3 Å². The number of rotatable bonds is 9. The predicted molar refractivity (Wildman–Crippen MR) is 126 cm³/mol. The number of nitrogens with zero attached hydrogens (tertiary/aromatic N) is 2. The lowest BCUT2D eigenvalue weighted by molar-refractivity contribution is -0.384. The highest BCUT2D eigenvalue weighted by Crippen LogP contribution is 2.37. The number of benzene rings is 2. The zero-order valence-corrected chi connectivity index (χ0v) is 18.8. The molecule has 2 aliphatic heterocycles. The number of hydrogen-bond acceptors (Lipinski definition) is 6. The molecule has 2 aliphatic rings. The Morgan fingerprint density at radius 2 is 1.73 bits per heavy atom. The maximum absolute atomic E-state index is 13.4. The molecule has 0 atom stereocenters. The average molecular weight is 454 g/mol. The molecule has 0 radical (unpaired) electrons. The van der Waals surface area contributed by atoms with Crippen LogP contribution in [-0.2, 0) is 14.9 Å². The maximum atomic E-state index is 13.4. The molecule has 2 fully saturated rings. The number of likely N-dealkylation sites (tertiary alicyclic amines) is 1. The van der Waals surface area contributed by atoms with E-state index in [9.17, 15) is 14.9 Å². The summed E-state index contributed by atoms with van der Waals surface area (Å²) in [5.41, 5.74) is 0.694. The van der Waals surface area contributed by atoms with Crippen molar-refractivity contribution in [2.75, 3.05) is 44.8 Å². The standard InChI is InChI=1S/C25H31N3O5/c29-24(25(12-18-32-19-13-25)20-4-8-22(9-5-20)28(30)31)26-21-6-10-23(11-7-21)33-17-3-16-27-14-1-2-15-27/h4-11H,1-3,12-19H2,(H,26,29). The summed E-state index contributed by atoms with van der Waals surface area (Å²) < 4.78 is 11.3. The zero-order valence-electron chi connectivity index (χ0n) is 18.8. The molecule has 0 aliphatic carbocycles. The van der Waals surface area contributed by atoms with E-state index in [1.165, 1.54) is 38.1 Å². The Kier molecular flexibility index (Phi) is 7.57. The van der Waals surface area contributed by atoms with Crippen LogP contribution >= 0.6 is 0 Å². The van der Waals surface area contributed by atoms with E-state index in [0.717, 1.165) is 24.3 Å². The van der Waals surface area contributed by atoms with Crippen molar-refractivity contribution in [1.29, 1.82) is 0 Å². The molecule has 0 bridgehead atoms. The lowest BCUT2D eigenvalue weighted by Crippen LogP contribution is -2.44. The Balaban J connectivity index is 1.36. The fraction of sp³-hybridized carbons (Fsp3) is 0.480. The molecule has 1 N–H and O–H groups in total. The van der Waals surface area contributed by atoms with Crippen LogP contribution in [0.25, 0.3) is 0 Å². The molecule has 8 nitrogen and oxygen atoms in total. The number of carbonyl (C=O) groups excluding carboxylic acids is 1. The minimum absolute atomic E-state index is 0.0115. The highest BCUT2D eigenvalue weighted by atomic mass is 16.6. The fourth-order valence-electron chi connectivity index (χ4n) is 4.64. The van der Waals surface area contributed by atoms with E-state index in [1.54, 1.807) is 12.1 Å². The third kappa shape index (κ3) is 5.69. The van der Waals surface area contributed by atoms with E-state index in [4.69, 9.17) is 9.47 Å². The number of anilines is 1. The van der Waals surface area contributed by atoms with Crippen LogP contribution in [0.4, 0.5) is 11.4 Å². The summed E-state index contributed by atoms with van der Waals surface area (Å²) in [5.74, 6) is 0.657. The van der Waals surface area contributed by atoms with Crippen molar-refractivity contribution < 1.29 is 19.2 Å². The van der Waals surface area contributed by atoms with Crippen LogP contribution in [0.15, 0.2) is 48.5 Å². The summed E-state index contributed by atoms with van der Waals surface area (Å²) >= 11 is 0. The summed E-state index contributed by atoms with van der Waals surface area (Å²) in [5, 5.41) is 14.0. The Morgan fingerprint density at radius 3 is 2.36 bits per heavy atom. The molecule has 4 rings (SSSR count). The van der Waals surface area contributed by atoms with E-state index in [-0.39, 0.29) is 11.6 Å². The third-order valence-corrected chi connectivity index (χ3v) is 6.61. The number of non-ortho nitro benzene ring substituents is 1. The van der Waals surface area contributed by atoms with Crippen molar-refractivity contribution in [2.24, 2.45) is 0 Å². The molecule has 33 heavy (non-hydrogen) atoms. The molecule has 0 aromatic heterocycles. The van der Waals surface area contributed by atoms with Gasteiger partial charge in [-0.2, -0.15) is 0 Å². The van der Waals surface area contributed by atoms with Crippen LogP contribution < -0.4 is 10.1 Å². The average Bonchev–Trinajstić information content (AvgIpc) is 3.37. The van der Waals surface area contributed by atoms with Crippen molar-refractivity contribution in [2.45, 2.75) is 37.5 Å². The number of carbonyl (C=O) groups is 1. The van der Waals surface area contributed by atoms with Crippen LogP contribution in [0.5, 0.6) is 5.75 Å². The van der Waals surface area contributed by atoms with Gasteiger partial charge in [0.15, 0.2) is 0 Å². The monoisotopic (exact) mass is 453 g/mol. The van der Waals surface area contributed by atoms with Crippen molar-refractivity contribution in [3.05, 3.63) is 64.2 Å². The number of nitro benzene ring substituents is 1. The summed E-state index contributed by atoms with van der Waals surface area (Å²) in [6.07, 6.45) is 4.64. The molecule has 2 saturated heterocycles. The van der Waals surface area contributed by atoms with Crippen LogP contribution in [-0.4, -0.2) is 55.2 Å². The van der Waals surface area contributed by atoms with Gasteiger partial charge in [-0.25, -0.2) is 0 Å². The predicted octanol–water partition coefficient (Wildman–Crippen LogP) is 4.15. The SMILES string of the molecule is O=C(Nc1ccc(OCCCN2CCCC2)cc1)C1(c2ccc([N+](=O)[O-])cc2)CCOCC1. The van der Waals surface area contributed by atoms with Gasteiger partial charge in [-0.05, 0) is 75.0 Å². The van der Waals surface area contributed by atoms with Crippen LogP contribution in [0.3, 0.4) is 0 Å². The van der Waals surface area contributed by atoms with Gasteiger partial charge in [-0.3, -0.25) is 14.9 Å². The highest BCUT2D eigenvalue weighted by molar-refractivity contribution is 5.99. The van der Waals surface area contributed by atoms with Gasteiger partial charge in [0.05, 0.1) is 16.9 Å². The molecule has 1 amide bonds. The zero-order chi connectivity index (χ0) is 23.1. The van der Waals surface area contributed by atoms with Crippen LogP contribution in [0, 0.1) is 10.1 Å². The van der Waals surface area contributed by atoms with Gasteiger partial charge >= 0.3 is 0 Å². The molecule has 0 unspecified atom stereocenters. The smallest absolute Gasteiger partial charge is 0.269 e. The fourth-order valence-corrected chi connectivity index (χ4v) is 4.64. The number of hydrogen-bond donors (Lipinski definition) is 1. The first kappa shape index (κ1) is 23.2. The minimum Gasteiger partial charge on any atom is -0.494 e. The molecule has 0 saturated carbocycles. The lowest BCUT2D eigenvalue weighted by Gasteiger charge is -2.36. The third-order valence-electron chi connectivity index (χ3n) is 6.61. The van der Waals surface area contributed by atoms with Crippen LogP contribution in [0.2, 0.25) is 0 Å². The molecule has 2 heterocycles. The Hall–Kier alpha value is -2.97. The van der Waals surface area contributed by atoms with Gasteiger partial charge < -0.3 is 19.7 Å². The number of ether oxygens (including phenoxy) is 2. The molecule has 2 aromatic carbocycles. The Labute approximate surface area is 194 Å². The van der Waals surface area contributed by atoms with E-state index in [2.05, 4.69) is 10.2 Å². The van der Waals surface area contributed by atoms with E-state index in [0.29, 0.717) is 38.3 Å². The summed E-state index contributed by atoms with van der Waals surface area (Å²) in [6, 6.07) is 13.7. The van der Waals surface area contributed by atoms with Crippen LogP contribution in [0.1, 0.15) is 37.7 Å². The summed E-state index contributed by atoms with van der Waals surface area (Å²) in [6.45, 7) is 5.07. The second-order valence-corrected chi connectivity index (χ2v) is 8.73. The molecule has 8 heteroatoms. The topological polar surface area (TPSA) is 93.9 Å². The summed E-state index contributed by atoms with van der Waals surface area (Å²) in [7, 11) is 0. The maximum Gasteiger partial charge on any atom is 0.269 e. The quantitative estimate of drug-likeness (QED) is 0.348. The van der Waals surface area contributed by atoms with Crippen molar-refractivity contribution in [3.63, 3.8) is 0 Å².